The van der Waals surface area contributed by atoms with E-state index >= 15 is 0 Å². The first-order valence-electron chi connectivity index (χ1n) is 16.8. The Balaban J connectivity index is 1.19. The van der Waals surface area contributed by atoms with E-state index in [1.165, 1.54) is 76.8 Å². The molecule has 0 radical (unpaired) electrons. The van der Waals surface area contributed by atoms with Crippen molar-refractivity contribution in [3.63, 3.8) is 0 Å². The van der Waals surface area contributed by atoms with Crippen molar-refractivity contribution < 1.29 is 4.42 Å². The van der Waals surface area contributed by atoms with Crippen molar-refractivity contribution in [1.29, 1.82) is 0 Å². The zero-order valence-corrected chi connectivity index (χ0v) is 26.7. The maximum Gasteiger partial charge on any atom is 0.136 e. The average molecular weight is 623 g/mol. The second-order valence-electron chi connectivity index (χ2n) is 12.9. The van der Waals surface area contributed by atoms with E-state index in [1.807, 2.05) is 0 Å². The first-order valence-corrected chi connectivity index (χ1v) is 16.8. The van der Waals surface area contributed by atoms with Crippen LogP contribution in [-0.4, -0.2) is 0 Å². The van der Waals surface area contributed by atoms with Gasteiger partial charge >= 0.3 is 0 Å². The largest absolute Gasteiger partial charge is 0.456 e. The molecule has 0 saturated heterocycles. The number of fused-ring (bicyclic) bond motifs is 9. The van der Waals surface area contributed by atoms with Crippen molar-refractivity contribution in [2.45, 2.75) is 0 Å². The Morgan fingerprint density at radius 2 is 0.735 bits per heavy atom. The summed E-state index contributed by atoms with van der Waals surface area (Å²) in [6.45, 7) is 0. The zero-order chi connectivity index (χ0) is 32.3. The van der Waals surface area contributed by atoms with Crippen molar-refractivity contribution in [3.05, 3.63) is 182 Å². The van der Waals surface area contributed by atoms with E-state index in [0.717, 1.165) is 21.9 Å². The van der Waals surface area contributed by atoms with Gasteiger partial charge in [0.05, 0.1) is 0 Å². The summed E-state index contributed by atoms with van der Waals surface area (Å²) in [5, 5.41) is 9.97. The normalized spacial score (nSPS) is 11.7. The first kappa shape index (κ1) is 27.7. The highest BCUT2D eigenvalue weighted by atomic mass is 16.3. The van der Waals surface area contributed by atoms with Crippen LogP contribution >= 0.6 is 0 Å². The summed E-state index contributed by atoms with van der Waals surface area (Å²) < 4.78 is 6.51. The lowest BCUT2D eigenvalue weighted by molar-refractivity contribution is 0.669. The molecule has 0 saturated carbocycles. The number of hydrogen-bond acceptors (Lipinski definition) is 1. The lowest BCUT2D eigenvalue weighted by atomic mass is 9.90. The summed E-state index contributed by atoms with van der Waals surface area (Å²) in [7, 11) is 0. The topological polar surface area (TPSA) is 13.1 Å². The van der Waals surface area contributed by atoms with Crippen LogP contribution in [0.5, 0.6) is 0 Å². The van der Waals surface area contributed by atoms with Gasteiger partial charge in [0, 0.05) is 10.8 Å². The van der Waals surface area contributed by atoms with Crippen molar-refractivity contribution >= 4 is 54.3 Å². The molecule has 228 valence electrons. The highest BCUT2D eigenvalue weighted by Gasteiger charge is 2.16. The number of hydrogen-bond donors (Lipinski definition) is 0. The predicted octanol–water partition coefficient (Wildman–Crippen LogP) is 13.7. The van der Waals surface area contributed by atoms with Gasteiger partial charge < -0.3 is 4.42 Å². The van der Waals surface area contributed by atoms with E-state index in [4.69, 9.17) is 4.42 Å². The van der Waals surface area contributed by atoms with Crippen molar-refractivity contribution in [1.82, 2.24) is 0 Å². The number of rotatable bonds is 4. The molecule has 1 heteroatoms. The molecule has 0 N–H and O–H groups in total. The Hall–Kier alpha value is -6.44. The standard InChI is InChI=1S/C48H30O/c1-3-12-31(13-4-1)35-26-36(32-14-5-2-6-15-32)28-37(27-35)38-20-11-21-47-48(38)45-30-34(23-25-46(45)49-47)33-22-24-43-41-18-8-7-16-39(41)40-17-9-10-19-42(40)44(43)29-33/h1-30H. The lowest BCUT2D eigenvalue weighted by Gasteiger charge is -2.13. The molecule has 0 fully saturated rings. The second-order valence-corrected chi connectivity index (χ2v) is 12.9. The smallest absolute Gasteiger partial charge is 0.136 e. The Bertz CT molecular complexity index is 2770. The summed E-state index contributed by atoms with van der Waals surface area (Å²) in [6.07, 6.45) is 0. The predicted molar refractivity (Wildman–Crippen MR) is 208 cm³/mol. The molecule has 1 aromatic heterocycles. The molecule has 0 atom stereocenters. The van der Waals surface area contributed by atoms with E-state index in [2.05, 4.69) is 182 Å². The summed E-state index contributed by atoms with van der Waals surface area (Å²) in [5.74, 6) is 0. The van der Waals surface area contributed by atoms with Gasteiger partial charge in [0.2, 0.25) is 0 Å². The van der Waals surface area contributed by atoms with Crippen LogP contribution < -0.4 is 0 Å². The fraction of sp³-hybridized carbons (Fsp3) is 0. The van der Waals surface area contributed by atoms with E-state index < -0.39 is 0 Å². The van der Waals surface area contributed by atoms with E-state index in [9.17, 15) is 0 Å². The van der Waals surface area contributed by atoms with Gasteiger partial charge in [-0.2, -0.15) is 0 Å². The minimum absolute atomic E-state index is 0.894. The van der Waals surface area contributed by atoms with Gasteiger partial charge in [-0.05, 0) is 119 Å². The molecule has 0 unspecified atom stereocenters. The van der Waals surface area contributed by atoms with E-state index in [0.29, 0.717) is 0 Å². The molecular weight excluding hydrogens is 593 g/mol. The lowest BCUT2D eigenvalue weighted by Crippen LogP contribution is -1.87. The first-order chi connectivity index (χ1) is 24.3. The molecule has 9 aromatic carbocycles. The summed E-state index contributed by atoms with van der Waals surface area (Å²) in [5.41, 5.74) is 11.3. The maximum absolute atomic E-state index is 6.51. The minimum atomic E-state index is 0.894. The maximum atomic E-state index is 6.51. The second kappa shape index (κ2) is 11.1. The fourth-order valence-electron chi connectivity index (χ4n) is 7.71. The molecule has 1 heterocycles. The molecule has 10 aromatic rings. The third kappa shape index (κ3) is 4.55. The Kier molecular flexibility index (Phi) is 6.25. The summed E-state index contributed by atoms with van der Waals surface area (Å²) in [6, 6.07) is 65.7. The molecule has 0 aliphatic rings. The van der Waals surface area contributed by atoms with Gasteiger partial charge in [0.25, 0.3) is 0 Å². The molecule has 1 nitrogen and oxygen atoms in total. The highest BCUT2D eigenvalue weighted by molar-refractivity contribution is 6.26. The van der Waals surface area contributed by atoms with Crippen LogP contribution in [0.25, 0.3) is 98.8 Å². The zero-order valence-electron chi connectivity index (χ0n) is 26.7. The van der Waals surface area contributed by atoms with E-state index in [1.54, 1.807) is 0 Å². The molecule has 0 amide bonds. The van der Waals surface area contributed by atoms with Gasteiger partial charge in [-0.3, -0.25) is 0 Å². The van der Waals surface area contributed by atoms with Gasteiger partial charge in [-0.25, -0.2) is 0 Å². The van der Waals surface area contributed by atoms with E-state index in [-0.39, 0.29) is 0 Å². The average Bonchev–Trinajstić information content (AvgIpc) is 3.57. The highest BCUT2D eigenvalue weighted by Crippen LogP contribution is 2.42. The summed E-state index contributed by atoms with van der Waals surface area (Å²) in [4.78, 5) is 0. The van der Waals surface area contributed by atoms with Crippen LogP contribution in [0.1, 0.15) is 0 Å². The van der Waals surface area contributed by atoms with Crippen molar-refractivity contribution in [3.8, 4) is 44.5 Å². The molecule has 49 heavy (non-hydrogen) atoms. The van der Waals surface area contributed by atoms with Gasteiger partial charge in [-0.1, -0.05) is 140 Å². The van der Waals surface area contributed by atoms with Gasteiger partial charge in [-0.15, -0.1) is 0 Å². The van der Waals surface area contributed by atoms with Crippen molar-refractivity contribution in [2.24, 2.45) is 0 Å². The van der Waals surface area contributed by atoms with Crippen LogP contribution in [0.3, 0.4) is 0 Å². The Morgan fingerprint density at radius 1 is 0.245 bits per heavy atom. The molecule has 0 aliphatic carbocycles. The molecule has 0 spiro atoms. The van der Waals surface area contributed by atoms with Crippen LogP contribution in [0.4, 0.5) is 0 Å². The van der Waals surface area contributed by atoms with Crippen LogP contribution in [0, 0.1) is 0 Å². The fourth-order valence-corrected chi connectivity index (χ4v) is 7.71. The summed E-state index contributed by atoms with van der Waals surface area (Å²) >= 11 is 0. The molecule has 0 aliphatic heterocycles. The Morgan fingerprint density at radius 3 is 1.35 bits per heavy atom. The molecule has 0 bridgehead atoms. The monoisotopic (exact) mass is 622 g/mol. The number of furan rings is 1. The third-order valence-electron chi connectivity index (χ3n) is 10.0. The quantitative estimate of drug-likeness (QED) is 0.178. The third-order valence-corrected chi connectivity index (χ3v) is 10.0. The van der Waals surface area contributed by atoms with Gasteiger partial charge in [0.1, 0.15) is 11.2 Å². The van der Waals surface area contributed by atoms with Crippen LogP contribution in [0.2, 0.25) is 0 Å². The molecule has 10 rings (SSSR count). The molecular formula is C48H30O. The van der Waals surface area contributed by atoms with Crippen molar-refractivity contribution in [2.75, 3.05) is 0 Å². The minimum Gasteiger partial charge on any atom is -0.456 e. The van der Waals surface area contributed by atoms with Crippen LogP contribution in [-0.2, 0) is 0 Å². The SMILES string of the molecule is c1ccc(-c2cc(-c3ccccc3)cc(-c3cccc4oc5ccc(-c6ccc7c8ccccc8c8ccccc8c7c6)cc5c34)c2)cc1. The van der Waals surface area contributed by atoms with Crippen LogP contribution in [0.15, 0.2) is 186 Å². The van der Waals surface area contributed by atoms with Gasteiger partial charge in [0.15, 0.2) is 0 Å². The number of benzene rings is 9. The Labute approximate surface area is 284 Å².